The number of aromatic amines is 2. The zero-order valence-corrected chi connectivity index (χ0v) is 38.7. The summed E-state index contributed by atoms with van der Waals surface area (Å²) >= 11 is 0. The number of amides is 4. The van der Waals surface area contributed by atoms with Crippen molar-refractivity contribution in [1.82, 2.24) is 40.4 Å². The van der Waals surface area contributed by atoms with Crippen molar-refractivity contribution in [2.45, 2.75) is 103 Å². The Morgan fingerprint density at radius 3 is 1.30 bits per heavy atom. The number of rotatable bonds is 12. The third-order valence-electron chi connectivity index (χ3n) is 11.5. The zero-order valence-electron chi connectivity index (χ0n) is 38.7. The maximum Gasteiger partial charge on any atom is 0.408 e. The second kappa shape index (κ2) is 19.6. The van der Waals surface area contributed by atoms with Gasteiger partial charge in [0, 0.05) is 13.1 Å². The number of nitrogens with zero attached hydrogens (tertiary/aromatic N) is 4. The first kappa shape index (κ1) is 46.1. The summed E-state index contributed by atoms with van der Waals surface area (Å²) in [6.45, 7) is 11.8. The molecule has 0 bridgehead atoms. The lowest BCUT2D eigenvalue weighted by Gasteiger charge is -2.29. The highest BCUT2D eigenvalue weighted by Gasteiger charge is 2.39. The first-order chi connectivity index (χ1) is 32.1. The molecule has 15 heteroatoms. The van der Waals surface area contributed by atoms with Gasteiger partial charge in [-0.1, -0.05) is 60.7 Å². The molecule has 0 spiro atoms. The molecule has 2 aliphatic rings. The number of carbonyl (C=O) groups is 4. The Hall–Kier alpha value is -7.42. The van der Waals surface area contributed by atoms with Crippen molar-refractivity contribution in [2.24, 2.45) is 0 Å². The molecule has 0 saturated carbocycles. The van der Waals surface area contributed by atoms with Gasteiger partial charge in [-0.25, -0.2) is 19.6 Å². The SMILES string of the molecule is CC(C)(C)OC(=O)NC(C(=O)N1CCCC1c1ncc(-c2ccc(Oc3ccc(-c4cnc(C5CCCN5C(=O)C(NC(=O)OC(C)(C)C)c5ccccc5)[nH]4)cc3)cc2)[nH]1)c1ccccc1. The van der Waals surface area contributed by atoms with Crippen LogP contribution in [-0.4, -0.2) is 78.0 Å². The molecule has 0 aliphatic carbocycles. The fraction of sp³-hybridized carbons (Fsp3) is 0.346. The van der Waals surface area contributed by atoms with Gasteiger partial charge < -0.3 is 44.6 Å². The highest BCUT2D eigenvalue weighted by atomic mass is 16.6. The van der Waals surface area contributed by atoms with E-state index in [-0.39, 0.29) is 23.9 Å². The van der Waals surface area contributed by atoms with E-state index in [1.165, 1.54) is 0 Å². The minimum absolute atomic E-state index is 0.227. The number of aromatic nitrogens is 4. The molecule has 6 aromatic rings. The summed E-state index contributed by atoms with van der Waals surface area (Å²) in [5, 5.41) is 5.62. The summed E-state index contributed by atoms with van der Waals surface area (Å²) in [5.74, 6) is 2.20. The minimum Gasteiger partial charge on any atom is -0.457 e. The number of hydrogen-bond acceptors (Lipinski definition) is 9. The number of carbonyl (C=O) groups excluding carboxylic acids is 4. The molecule has 4 N–H and O–H groups in total. The number of ether oxygens (including phenoxy) is 3. The zero-order chi connectivity index (χ0) is 47.3. The second-order valence-corrected chi connectivity index (χ2v) is 18.9. The number of imidazole rings is 2. The molecule has 8 rings (SSSR count). The summed E-state index contributed by atoms with van der Waals surface area (Å²) in [7, 11) is 0. The maximum atomic E-state index is 14.1. The molecular weight excluding hydrogens is 849 g/mol. The Kier molecular flexibility index (Phi) is 13.5. The molecule has 4 heterocycles. The Bertz CT molecular complexity index is 2470. The van der Waals surface area contributed by atoms with E-state index in [1.54, 1.807) is 63.7 Å². The predicted molar refractivity (Wildman–Crippen MR) is 253 cm³/mol. The molecule has 2 saturated heterocycles. The molecule has 0 radical (unpaired) electrons. The van der Waals surface area contributed by atoms with Crippen molar-refractivity contribution >= 4 is 24.0 Å². The van der Waals surface area contributed by atoms with Gasteiger partial charge in [-0.2, -0.15) is 0 Å². The molecule has 67 heavy (non-hydrogen) atoms. The lowest BCUT2D eigenvalue weighted by Crippen LogP contribution is -2.44. The van der Waals surface area contributed by atoms with Crippen molar-refractivity contribution in [3.63, 3.8) is 0 Å². The van der Waals surface area contributed by atoms with Crippen molar-refractivity contribution in [2.75, 3.05) is 13.1 Å². The van der Waals surface area contributed by atoms with Crippen LogP contribution in [0.25, 0.3) is 22.5 Å². The standard InChI is InChI=1S/C52H58N8O7/c1-51(2,3)66-49(63)57-43(35-15-9-7-10-16-35)47(61)59-29-13-19-41(59)45-53-31-39(55-45)33-21-25-37(26-22-33)65-38-27-23-34(24-28-38)40-32-54-46(56-40)42-20-14-30-60(42)48(62)44(36-17-11-8-12-18-36)58-50(64)67-52(4,5)6/h7-12,15-18,21-28,31-32,41-44H,13-14,19-20,29-30H2,1-6H3,(H,53,55)(H,54,56)(H,57,63)(H,58,64). The molecule has 348 valence electrons. The Balaban J connectivity index is 0.894. The highest BCUT2D eigenvalue weighted by Crippen LogP contribution is 2.37. The highest BCUT2D eigenvalue weighted by molar-refractivity contribution is 5.88. The minimum atomic E-state index is -0.919. The Morgan fingerprint density at radius 1 is 0.567 bits per heavy atom. The summed E-state index contributed by atoms with van der Waals surface area (Å²) < 4.78 is 17.2. The van der Waals surface area contributed by atoms with Crippen LogP contribution in [0, 0.1) is 0 Å². The van der Waals surface area contributed by atoms with E-state index in [4.69, 9.17) is 24.2 Å². The van der Waals surface area contributed by atoms with Crippen LogP contribution in [0.5, 0.6) is 11.5 Å². The molecule has 2 fully saturated rings. The van der Waals surface area contributed by atoms with E-state index < -0.39 is 35.5 Å². The van der Waals surface area contributed by atoms with Gasteiger partial charge in [-0.15, -0.1) is 0 Å². The molecule has 4 unspecified atom stereocenters. The monoisotopic (exact) mass is 906 g/mol. The lowest BCUT2D eigenvalue weighted by atomic mass is 10.0. The first-order valence-electron chi connectivity index (χ1n) is 22.8. The van der Waals surface area contributed by atoms with Gasteiger partial charge >= 0.3 is 12.2 Å². The van der Waals surface area contributed by atoms with Crippen molar-refractivity contribution < 1.29 is 33.4 Å². The van der Waals surface area contributed by atoms with Crippen molar-refractivity contribution in [3.05, 3.63) is 144 Å². The third-order valence-corrected chi connectivity index (χ3v) is 11.5. The number of hydrogen-bond donors (Lipinski definition) is 4. The van der Waals surface area contributed by atoms with Crippen molar-refractivity contribution in [1.29, 1.82) is 0 Å². The van der Waals surface area contributed by atoms with Crippen LogP contribution in [0.4, 0.5) is 9.59 Å². The van der Waals surface area contributed by atoms with Gasteiger partial charge in [0.1, 0.15) is 46.4 Å². The quantitative estimate of drug-likeness (QED) is 0.0928. The van der Waals surface area contributed by atoms with E-state index in [1.807, 2.05) is 109 Å². The summed E-state index contributed by atoms with van der Waals surface area (Å²) in [6.07, 6.45) is 5.27. The van der Waals surface area contributed by atoms with Crippen LogP contribution in [-0.2, 0) is 19.1 Å². The van der Waals surface area contributed by atoms with E-state index in [0.717, 1.165) is 48.2 Å². The normalized spacial score (nSPS) is 17.1. The van der Waals surface area contributed by atoms with E-state index >= 15 is 0 Å². The fourth-order valence-electron chi connectivity index (χ4n) is 8.52. The number of likely N-dealkylation sites (tertiary alicyclic amines) is 2. The Labute approximate surface area is 390 Å². The van der Waals surface area contributed by atoms with Crippen LogP contribution >= 0.6 is 0 Å². The van der Waals surface area contributed by atoms with Gasteiger partial charge in [-0.3, -0.25) is 9.59 Å². The molecule has 4 aromatic carbocycles. The van der Waals surface area contributed by atoms with E-state index in [0.29, 0.717) is 47.4 Å². The summed E-state index contributed by atoms with van der Waals surface area (Å²) in [6, 6.07) is 31.4. The van der Waals surface area contributed by atoms with Crippen LogP contribution in [0.2, 0.25) is 0 Å². The number of benzene rings is 4. The molecule has 4 atom stereocenters. The maximum absolute atomic E-state index is 14.1. The van der Waals surface area contributed by atoms with E-state index in [2.05, 4.69) is 20.6 Å². The van der Waals surface area contributed by atoms with Crippen LogP contribution in [0.3, 0.4) is 0 Å². The number of alkyl carbamates (subject to hydrolysis) is 2. The number of nitrogens with one attached hydrogen (secondary N) is 4. The van der Waals surface area contributed by atoms with Crippen LogP contribution in [0.15, 0.2) is 122 Å². The number of H-pyrrole nitrogens is 2. The fourth-order valence-corrected chi connectivity index (χ4v) is 8.52. The largest absolute Gasteiger partial charge is 0.457 e. The smallest absolute Gasteiger partial charge is 0.408 e. The summed E-state index contributed by atoms with van der Waals surface area (Å²) in [4.78, 5) is 73.9. The predicted octanol–water partition coefficient (Wildman–Crippen LogP) is 10.1. The molecule has 4 amide bonds. The van der Waals surface area contributed by atoms with Crippen LogP contribution in [0.1, 0.15) is 114 Å². The average molecular weight is 907 g/mol. The Morgan fingerprint density at radius 2 is 0.940 bits per heavy atom. The van der Waals surface area contributed by atoms with Gasteiger partial charge in [0.05, 0.1) is 35.9 Å². The molecule has 2 aromatic heterocycles. The second-order valence-electron chi connectivity index (χ2n) is 18.9. The lowest BCUT2D eigenvalue weighted by molar-refractivity contribution is -0.135. The molecular formula is C52H58N8O7. The average Bonchev–Trinajstić information content (AvgIpc) is 4.15. The molecule has 15 nitrogen and oxygen atoms in total. The van der Waals surface area contributed by atoms with Crippen LogP contribution < -0.4 is 15.4 Å². The topological polar surface area (TPSA) is 184 Å². The van der Waals surface area contributed by atoms with Gasteiger partial charge in [-0.05, 0) is 138 Å². The first-order valence-corrected chi connectivity index (χ1v) is 22.8. The molecule has 2 aliphatic heterocycles. The van der Waals surface area contributed by atoms with Crippen molar-refractivity contribution in [3.8, 4) is 34.0 Å². The summed E-state index contributed by atoms with van der Waals surface area (Å²) in [5.41, 5.74) is 3.31. The van der Waals surface area contributed by atoms with Gasteiger partial charge in [0.25, 0.3) is 11.8 Å². The van der Waals surface area contributed by atoms with Gasteiger partial charge in [0.2, 0.25) is 0 Å². The van der Waals surface area contributed by atoms with E-state index in [9.17, 15) is 19.2 Å². The third kappa shape index (κ3) is 11.3. The van der Waals surface area contributed by atoms with Gasteiger partial charge in [0.15, 0.2) is 0 Å².